The zero-order valence-corrected chi connectivity index (χ0v) is 77.2. The van der Waals surface area contributed by atoms with Crippen molar-refractivity contribution in [1.29, 1.82) is 0 Å². The van der Waals surface area contributed by atoms with Gasteiger partial charge in [-0.05, 0) is 184 Å². The van der Waals surface area contributed by atoms with Gasteiger partial charge in [0, 0.05) is 75.2 Å². The van der Waals surface area contributed by atoms with Crippen LogP contribution in [-0.4, -0.2) is 184 Å². The van der Waals surface area contributed by atoms with E-state index in [1.807, 2.05) is 101 Å². The Balaban J connectivity index is 0.000000198. The van der Waals surface area contributed by atoms with Crippen LogP contribution in [0.5, 0.6) is 11.5 Å². The average molecular weight is 1830 g/mol. The second-order valence-electron chi connectivity index (χ2n) is 37.1. The summed E-state index contributed by atoms with van der Waals surface area (Å²) in [6.07, 6.45) is 18.9. The Kier molecular flexibility index (Phi) is 30.5. The number of hydrogen-bond donors (Lipinski definition) is 5. The third-order valence-corrected chi connectivity index (χ3v) is 31.1. The molecule has 4 aliphatic carbocycles. The molecule has 0 unspecified atom stereocenters. The summed E-state index contributed by atoms with van der Waals surface area (Å²) in [5.41, 5.74) is 5.90. The van der Waals surface area contributed by atoms with Gasteiger partial charge in [0.1, 0.15) is 68.9 Å². The van der Waals surface area contributed by atoms with Gasteiger partial charge >= 0.3 is 11.4 Å². The standard InChI is InChI=1S/C45H53FN4O8S.C39H44FN5O6S.C6H15N.C5H9ClO2.ClH/c1-28(2)26-57-37(51)23-30-12-7-5-4-6-8-14-31-24-45(31,42(54)49-59(55,56)43(3)20-21-43)48-40(52)36-25-44(27-50(36)41(30)53)19-18-34-33-16-9-10-17-35(33)47-38(39(34)58-44)29-13-11-15-32(46)22-29;1-37(18-19-37)52(49,50)44-36(48)39-21-25(39)11-5-3-2-4-6-14-29(41)35(47)45-23-38(22-31(45)34(46)43-39)17-16-28-27-13-7-8-15-30(27)42-32(33(28)51-38)24-10-9-12-26(40)20-24;1-4-7(5-2)6-3;1-4(2)3-8-5(6)7;/h8-11,13-17,22,28,30-31,36H,4-7,12,18-21,23-27H2,1-3H3,(H,48,52)(H,49,54);5,7-13,15,20,25,29,31H,2-4,6,14,16-19,21-23,41H2,1H3,(H,43,46)(H,44,48);4-6H2,1-3H3;4H,3H2,1-2H3;1H/p-1/b14-8-;11-5-;;;/t30-,31-,36+,44-,45-;25-,29+,31+,38-,39-;;;/m11.../s1. The Morgan fingerprint density at radius 3 is 1.41 bits per heavy atom. The Morgan fingerprint density at radius 2 is 1.01 bits per heavy atom. The maximum Gasteiger partial charge on any atom is 0.403 e. The summed E-state index contributed by atoms with van der Waals surface area (Å²) in [5.74, 6) is -5.08. The number of carbonyl (C=O) groups is 8. The highest BCUT2D eigenvalue weighted by atomic mass is 35.5. The molecule has 0 radical (unpaired) electrons. The Morgan fingerprint density at radius 1 is 0.583 bits per heavy atom. The molecule has 4 aromatic carbocycles. The Bertz CT molecular complexity index is 5420. The number of amides is 6. The van der Waals surface area contributed by atoms with Crippen molar-refractivity contribution in [2.24, 2.45) is 35.3 Å². The minimum atomic E-state index is -4.01. The van der Waals surface area contributed by atoms with Gasteiger partial charge in [0.05, 0.1) is 59.3 Å². The third kappa shape index (κ3) is 22.0. The number of carbonyl (C=O) groups excluding carboxylic acids is 8. The fraction of sp³-hybridized carbons (Fsp3) is 0.558. The van der Waals surface area contributed by atoms with Crippen LogP contribution in [0.15, 0.2) is 121 Å². The molecule has 10 aliphatic rings. The topological polar surface area (TPSA) is 351 Å². The van der Waals surface area contributed by atoms with E-state index in [9.17, 15) is 64.0 Å². The summed E-state index contributed by atoms with van der Waals surface area (Å²) < 4.78 is 109. The highest BCUT2D eigenvalue weighted by molar-refractivity contribution is 7.92. The number of ether oxygens (including phenoxy) is 4. The molecule has 8 heterocycles. The second-order valence-corrected chi connectivity index (χ2v) is 41.8. The van der Waals surface area contributed by atoms with Crippen LogP contribution in [0.4, 0.5) is 13.6 Å². The summed E-state index contributed by atoms with van der Waals surface area (Å²) in [4.78, 5) is 125. The van der Waals surface area contributed by atoms with Gasteiger partial charge in [0.15, 0.2) is 0 Å². The van der Waals surface area contributed by atoms with Gasteiger partial charge in [-0.3, -0.25) is 43.0 Å². The van der Waals surface area contributed by atoms with Crippen LogP contribution in [0.3, 0.4) is 0 Å². The molecule has 127 heavy (non-hydrogen) atoms. The maximum atomic E-state index is 14.9. The van der Waals surface area contributed by atoms with Crippen molar-refractivity contribution in [2.45, 2.75) is 260 Å². The molecule has 688 valence electrons. The first-order valence-electron chi connectivity index (χ1n) is 44.8. The first-order chi connectivity index (χ1) is 59.9. The predicted molar refractivity (Wildman–Crippen MR) is 477 cm³/mol. The fourth-order valence-corrected chi connectivity index (χ4v) is 20.8. The van der Waals surface area contributed by atoms with E-state index in [1.54, 1.807) is 38.1 Å². The number of nitrogens with two attached hydrogens (primary N) is 1. The van der Waals surface area contributed by atoms with Crippen LogP contribution in [0.25, 0.3) is 44.3 Å². The second kappa shape index (κ2) is 40.0. The van der Waals surface area contributed by atoms with Gasteiger partial charge in [-0.25, -0.2) is 40.4 Å². The van der Waals surface area contributed by atoms with Crippen molar-refractivity contribution in [3.63, 3.8) is 0 Å². The number of fused-ring (bicyclic) bond motifs is 10. The van der Waals surface area contributed by atoms with Crippen molar-refractivity contribution in [3.05, 3.63) is 144 Å². The molecule has 6 aromatic rings. The summed E-state index contributed by atoms with van der Waals surface area (Å²) in [7, 11) is -7.98. The molecular formula is C95H121Cl2F2N10O16S2-. The first-order valence-corrected chi connectivity index (χ1v) is 48.2. The number of allylic oxidation sites excluding steroid dienone is 2. The zero-order chi connectivity index (χ0) is 90.5. The number of sulfonamides is 2. The lowest BCUT2D eigenvalue weighted by atomic mass is 9.86. The third-order valence-electron chi connectivity index (χ3n) is 26.6. The molecule has 2 spiro atoms. The minimum absolute atomic E-state index is 0. The monoisotopic (exact) mass is 1830 g/mol. The lowest BCUT2D eigenvalue weighted by molar-refractivity contribution is -0.151. The molecule has 32 heteroatoms. The average Bonchev–Trinajstić information content (AvgIpc) is 1.57. The predicted octanol–water partition coefficient (Wildman–Crippen LogP) is 11.1. The quantitative estimate of drug-likeness (QED) is 0.0322. The zero-order valence-electron chi connectivity index (χ0n) is 74.1. The van der Waals surface area contributed by atoms with Gasteiger partial charge in [-0.15, -0.1) is 0 Å². The highest BCUT2D eigenvalue weighted by Gasteiger charge is 2.66. The van der Waals surface area contributed by atoms with Crippen molar-refractivity contribution < 1.29 is 95.3 Å². The van der Waals surface area contributed by atoms with Crippen molar-refractivity contribution >= 4 is 100 Å². The van der Waals surface area contributed by atoms with Crippen LogP contribution < -0.4 is 47.7 Å². The molecule has 6 N–H and O–H groups in total. The summed E-state index contributed by atoms with van der Waals surface area (Å²) >= 11 is 4.86. The van der Waals surface area contributed by atoms with Crippen molar-refractivity contribution in [2.75, 3.05) is 45.9 Å². The van der Waals surface area contributed by atoms with E-state index in [1.165, 1.54) is 53.7 Å². The highest BCUT2D eigenvalue weighted by Crippen LogP contribution is 2.54. The number of aryl methyl sites for hydroxylation is 2. The SMILES string of the molecule is CC(C)COC(=O)C[C@H]1CCCCC/C=C\[C@@H]2C[C@@]2(C(=O)NS(=O)(=O)C2(C)CC2)NC(=O)[C@@H]2C[C@]3(CCc4c(c(-c5cccc(F)c5)nc5ccccc45)O3)CN2C1=O.CC(C)COC(=O)Cl.CC1(S(=O)(=O)NC(=O)[C@@]23C[C@H]2/C=C\CCCCC[C@H](N)C(=O)N2C[C@@]4(CCc5c(c(-c6cccc(F)c6)nc6ccccc56)O4)C[C@H]2C(=O)N3)CC1.CCN(CC)CC.[Cl-]. The molecule has 6 fully saturated rings. The molecule has 6 amide bonds. The lowest BCUT2D eigenvalue weighted by Crippen LogP contribution is -3.00. The van der Waals surface area contributed by atoms with Crippen molar-refractivity contribution in [1.82, 2.24) is 44.7 Å². The summed E-state index contributed by atoms with van der Waals surface area (Å²) in [6, 6.07) is 24.6. The number of pyridine rings is 2. The number of halogens is 4. The van der Waals surface area contributed by atoms with Crippen LogP contribution in [0.1, 0.15) is 208 Å². The molecule has 6 aliphatic heterocycles. The van der Waals surface area contributed by atoms with Gasteiger partial charge in [-0.2, -0.15) is 0 Å². The molecule has 26 nitrogen and oxygen atoms in total. The van der Waals surface area contributed by atoms with Gasteiger partial charge in [0.2, 0.25) is 43.7 Å². The molecule has 0 bridgehead atoms. The van der Waals surface area contributed by atoms with E-state index in [0.717, 1.165) is 71.5 Å². The lowest BCUT2D eigenvalue weighted by Gasteiger charge is -2.37. The number of esters is 1. The number of rotatable bonds is 17. The number of nitrogens with one attached hydrogen (secondary N) is 4. The van der Waals surface area contributed by atoms with Crippen LogP contribution in [-0.2, 0) is 75.9 Å². The van der Waals surface area contributed by atoms with E-state index in [4.69, 9.17) is 41.5 Å². The molecule has 2 aromatic heterocycles. The number of benzene rings is 4. The minimum Gasteiger partial charge on any atom is -1.00 e. The fourth-order valence-electron chi connectivity index (χ4n) is 18.1. The van der Waals surface area contributed by atoms with Gasteiger partial charge in [-0.1, -0.05) is 159 Å². The first kappa shape index (κ1) is 96.9. The van der Waals surface area contributed by atoms with Gasteiger partial charge < -0.3 is 62.4 Å². The summed E-state index contributed by atoms with van der Waals surface area (Å²) in [5, 5.41) is 7.69. The van der Waals surface area contributed by atoms with E-state index < -0.39 is 134 Å². The number of hydrogen-bond acceptors (Lipinski definition) is 20. The molecule has 4 saturated carbocycles. The molecule has 16 rings (SSSR count). The van der Waals surface area contributed by atoms with E-state index in [0.29, 0.717) is 124 Å². The molecule has 10 atom stereocenters. The molecular weight excluding hydrogens is 1710 g/mol. The molecule has 2 saturated heterocycles. The maximum absolute atomic E-state index is 14.9. The number of para-hydroxylation sites is 2. The Labute approximate surface area is 755 Å². The smallest absolute Gasteiger partial charge is 0.403 e. The van der Waals surface area contributed by atoms with Crippen molar-refractivity contribution in [3.8, 4) is 34.0 Å². The largest absolute Gasteiger partial charge is 1.00 e. The van der Waals surface area contributed by atoms with Crippen LogP contribution >= 0.6 is 11.6 Å². The van der Waals surface area contributed by atoms with E-state index in [2.05, 4.69) is 50.5 Å². The normalized spacial score (nSPS) is 26.8. The van der Waals surface area contributed by atoms with Crippen LogP contribution in [0.2, 0.25) is 0 Å². The van der Waals surface area contributed by atoms with Crippen LogP contribution in [0, 0.1) is 41.2 Å². The summed E-state index contributed by atoms with van der Waals surface area (Å²) in [6.45, 7) is 21.8. The van der Waals surface area contributed by atoms with Gasteiger partial charge in [0.25, 0.3) is 11.8 Å². The number of aromatic nitrogens is 2. The number of nitrogens with zero attached hydrogens (tertiary/aromatic N) is 5. The Hall–Kier alpha value is -9.20. The van der Waals surface area contributed by atoms with E-state index in [-0.39, 0.29) is 81.9 Å². The van der Waals surface area contributed by atoms with E-state index >= 15 is 0 Å².